The maximum absolute atomic E-state index is 12.7. The first-order valence-electron chi connectivity index (χ1n) is 9.95. The third-order valence-electron chi connectivity index (χ3n) is 5.17. The first-order chi connectivity index (χ1) is 15.6. The van der Waals surface area contributed by atoms with Crippen molar-refractivity contribution in [1.82, 2.24) is 14.5 Å². The van der Waals surface area contributed by atoms with Gasteiger partial charge in [-0.15, -0.1) is 0 Å². The number of rotatable bonds is 6. The lowest BCUT2D eigenvalue weighted by molar-refractivity contribution is 0.262. The number of methoxy groups -OCH3 is 1. The van der Waals surface area contributed by atoms with Crippen molar-refractivity contribution in [1.29, 1.82) is 0 Å². The average molecular weight is 448 g/mol. The van der Waals surface area contributed by atoms with Crippen molar-refractivity contribution < 1.29 is 9.53 Å². The summed E-state index contributed by atoms with van der Waals surface area (Å²) in [5, 5.41) is 6.24. The van der Waals surface area contributed by atoms with Crippen LogP contribution in [0.15, 0.2) is 79.6 Å². The number of carbonyl (C=O) groups excluding carboxylic acids is 1. The van der Waals surface area contributed by atoms with Gasteiger partial charge < -0.3 is 19.9 Å². The Bertz CT molecular complexity index is 1210. The van der Waals surface area contributed by atoms with E-state index in [2.05, 4.69) is 20.6 Å². The molecule has 0 fully saturated rings. The number of anilines is 2. The average Bonchev–Trinajstić information content (AvgIpc) is 3.32. The number of amides is 2. The highest BCUT2D eigenvalue weighted by Gasteiger charge is 2.20. The lowest BCUT2D eigenvalue weighted by Gasteiger charge is -2.23. The zero-order valence-corrected chi connectivity index (χ0v) is 18.4. The predicted molar refractivity (Wildman–Crippen MR) is 126 cm³/mol. The zero-order valence-electron chi connectivity index (χ0n) is 17.6. The van der Waals surface area contributed by atoms with E-state index >= 15 is 0 Å². The monoisotopic (exact) mass is 447 g/mol. The Hall–Kier alpha value is -3.84. The summed E-state index contributed by atoms with van der Waals surface area (Å²) < 4.78 is 7.33. The lowest BCUT2D eigenvalue weighted by atomic mass is 9.94. The largest absolute Gasteiger partial charge is 0.495 e. The third-order valence-corrected chi connectivity index (χ3v) is 5.41. The van der Waals surface area contributed by atoms with Gasteiger partial charge in [0.05, 0.1) is 25.2 Å². The number of halogens is 1. The highest BCUT2D eigenvalue weighted by Crippen LogP contribution is 2.32. The molecule has 32 heavy (non-hydrogen) atoms. The smallest absolute Gasteiger partial charge is 0.323 e. The zero-order chi connectivity index (χ0) is 22.5. The van der Waals surface area contributed by atoms with Crippen molar-refractivity contribution in [2.75, 3.05) is 17.7 Å². The van der Waals surface area contributed by atoms with Crippen LogP contribution < -0.4 is 15.4 Å². The minimum Gasteiger partial charge on any atom is -0.495 e. The Morgan fingerprint density at radius 2 is 1.81 bits per heavy atom. The van der Waals surface area contributed by atoms with Crippen molar-refractivity contribution in [3.05, 3.63) is 101 Å². The molecule has 2 heterocycles. The molecular formula is C24H22ClN5O2. The molecule has 0 aliphatic carbocycles. The van der Waals surface area contributed by atoms with Crippen LogP contribution in [0.4, 0.5) is 16.2 Å². The van der Waals surface area contributed by atoms with Crippen molar-refractivity contribution in [2.45, 2.75) is 13.0 Å². The molecule has 4 rings (SSSR count). The van der Waals surface area contributed by atoms with Crippen molar-refractivity contribution in [3.63, 3.8) is 0 Å². The SMILES string of the molecule is COc1ccc(Cl)cc1NC(=O)Nc1cccc(C(c2ccncc2)n2ccnc2)c1C. The van der Waals surface area contributed by atoms with Crippen molar-refractivity contribution in [2.24, 2.45) is 0 Å². The summed E-state index contributed by atoms with van der Waals surface area (Å²) in [5.74, 6) is 0.521. The highest BCUT2D eigenvalue weighted by molar-refractivity contribution is 6.31. The number of aromatic nitrogens is 3. The number of ether oxygens (including phenoxy) is 1. The summed E-state index contributed by atoms with van der Waals surface area (Å²) in [6, 6.07) is 14.3. The minimum atomic E-state index is -0.395. The normalized spacial score (nSPS) is 11.6. The lowest BCUT2D eigenvalue weighted by Crippen LogP contribution is -2.21. The van der Waals surface area contributed by atoms with Gasteiger partial charge in [0.25, 0.3) is 0 Å². The molecular weight excluding hydrogens is 426 g/mol. The summed E-state index contributed by atoms with van der Waals surface area (Å²) in [7, 11) is 1.54. The first kappa shape index (κ1) is 21.4. The Morgan fingerprint density at radius 3 is 2.53 bits per heavy atom. The molecule has 0 saturated heterocycles. The number of imidazole rings is 1. The minimum absolute atomic E-state index is 0.113. The molecule has 8 heteroatoms. The summed E-state index contributed by atoms with van der Waals surface area (Å²) in [4.78, 5) is 21.1. The Kier molecular flexibility index (Phi) is 6.37. The Labute approximate surface area is 191 Å². The molecule has 2 amide bonds. The van der Waals surface area contributed by atoms with E-state index in [0.717, 1.165) is 16.7 Å². The van der Waals surface area contributed by atoms with Crippen LogP contribution in [0.2, 0.25) is 5.02 Å². The van der Waals surface area contributed by atoms with Crippen LogP contribution in [-0.4, -0.2) is 27.7 Å². The van der Waals surface area contributed by atoms with Crippen LogP contribution in [0.3, 0.4) is 0 Å². The van der Waals surface area contributed by atoms with Gasteiger partial charge in [-0.05, 0) is 60.0 Å². The van der Waals surface area contributed by atoms with Crippen molar-refractivity contribution in [3.8, 4) is 5.75 Å². The molecule has 0 bridgehead atoms. The van der Waals surface area contributed by atoms with Gasteiger partial charge in [-0.1, -0.05) is 23.7 Å². The van der Waals surface area contributed by atoms with Crippen molar-refractivity contribution >= 4 is 29.0 Å². The van der Waals surface area contributed by atoms with E-state index in [1.165, 1.54) is 7.11 Å². The fourth-order valence-electron chi connectivity index (χ4n) is 3.62. The molecule has 0 spiro atoms. The van der Waals surface area contributed by atoms with E-state index in [9.17, 15) is 4.79 Å². The maximum Gasteiger partial charge on any atom is 0.323 e. The molecule has 2 aromatic heterocycles. The van der Waals surface area contributed by atoms with E-state index in [1.54, 1.807) is 43.1 Å². The highest BCUT2D eigenvalue weighted by atomic mass is 35.5. The van der Waals surface area contributed by atoms with Gasteiger partial charge in [0.1, 0.15) is 5.75 Å². The fraction of sp³-hybridized carbons (Fsp3) is 0.125. The summed E-state index contributed by atoms with van der Waals surface area (Å²) in [6.07, 6.45) is 8.98. The van der Waals surface area contributed by atoms with Gasteiger partial charge in [0.2, 0.25) is 0 Å². The molecule has 2 N–H and O–H groups in total. The van der Waals surface area contributed by atoms with E-state index in [-0.39, 0.29) is 6.04 Å². The quantitative estimate of drug-likeness (QED) is 0.407. The third kappa shape index (κ3) is 4.58. The van der Waals surface area contributed by atoms with Crippen LogP contribution in [0.25, 0.3) is 0 Å². The molecule has 1 atom stereocenters. The molecule has 2 aromatic carbocycles. The van der Waals surface area contributed by atoms with E-state index < -0.39 is 6.03 Å². The molecule has 0 saturated carbocycles. The first-order valence-corrected chi connectivity index (χ1v) is 10.3. The number of nitrogens with zero attached hydrogens (tertiary/aromatic N) is 3. The molecule has 0 aliphatic heterocycles. The van der Waals surface area contributed by atoms with Gasteiger partial charge in [-0.2, -0.15) is 0 Å². The number of nitrogens with one attached hydrogen (secondary N) is 2. The number of urea groups is 1. The second kappa shape index (κ2) is 9.53. The Balaban J connectivity index is 1.64. The predicted octanol–water partition coefficient (Wildman–Crippen LogP) is 5.53. The number of hydrogen-bond acceptors (Lipinski definition) is 4. The maximum atomic E-state index is 12.7. The number of pyridine rings is 1. The summed E-state index contributed by atoms with van der Waals surface area (Å²) in [6.45, 7) is 1.98. The van der Waals surface area contributed by atoms with Crippen LogP contribution in [-0.2, 0) is 0 Å². The van der Waals surface area contributed by atoms with Gasteiger partial charge in [0.15, 0.2) is 0 Å². The molecule has 1 unspecified atom stereocenters. The molecule has 0 radical (unpaired) electrons. The summed E-state index contributed by atoms with van der Waals surface area (Å²) in [5.41, 5.74) is 4.22. The van der Waals surface area contributed by atoms with Crippen LogP contribution >= 0.6 is 11.6 Å². The van der Waals surface area contributed by atoms with Crippen LogP contribution in [0, 0.1) is 6.92 Å². The number of carbonyl (C=O) groups is 1. The fourth-order valence-corrected chi connectivity index (χ4v) is 3.79. The van der Waals surface area contributed by atoms with Gasteiger partial charge in [-0.3, -0.25) is 4.98 Å². The second-order valence-electron chi connectivity index (χ2n) is 7.14. The Morgan fingerprint density at radius 1 is 1.03 bits per heavy atom. The van der Waals surface area contributed by atoms with E-state index in [0.29, 0.717) is 22.1 Å². The van der Waals surface area contributed by atoms with Gasteiger partial charge in [-0.25, -0.2) is 9.78 Å². The van der Waals surface area contributed by atoms with Gasteiger partial charge in [0, 0.05) is 35.5 Å². The molecule has 4 aromatic rings. The van der Waals surface area contributed by atoms with E-state index in [4.69, 9.17) is 16.3 Å². The molecule has 7 nitrogen and oxygen atoms in total. The van der Waals surface area contributed by atoms with Gasteiger partial charge >= 0.3 is 6.03 Å². The topological polar surface area (TPSA) is 81.1 Å². The summed E-state index contributed by atoms with van der Waals surface area (Å²) >= 11 is 6.07. The molecule has 0 aliphatic rings. The molecule has 162 valence electrons. The van der Waals surface area contributed by atoms with E-state index in [1.807, 2.05) is 48.0 Å². The van der Waals surface area contributed by atoms with Crippen LogP contribution in [0.1, 0.15) is 22.7 Å². The second-order valence-corrected chi connectivity index (χ2v) is 7.57. The number of hydrogen-bond donors (Lipinski definition) is 2. The number of benzene rings is 2. The van der Waals surface area contributed by atoms with Crippen LogP contribution in [0.5, 0.6) is 5.75 Å². The standard InChI is InChI=1S/C24H22ClN5O2/c1-16-19(23(30-13-12-27-15-30)17-8-10-26-11-9-17)4-3-5-20(16)28-24(31)29-21-14-18(25)6-7-22(21)32-2/h3-15,23H,1-2H3,(H2,28,29,31).